The molecule has 28 heavy (non-hydrogen) atoms. The predicted molar refractivity (Wildman–Crippen MR) is 117 cm³/mol. The molecule has 0 aliphatic carbocycles. The molecular formula is C24H15NO2S. The summed E-state index contributed by atoms with van der Waals surface area (Å²) in [5.74, 6) is 0. The maximum Gasteiger partial charge on any atom is 0.270 e. The van der Waals surface area contributed by atoms with E-state index in [0.29, 0.717) is 0 Å². The molecule has 0 amide bonds. The zero-order valence-electron chi connectivity index (χ0n) is 14.8. The Balaban J connectivity index is 1.74. The van der Waals surface area contributed by atoms with Gasteiger partial charge in [-0.1, -0.05) is 60.7 Å². The second-order valence-electron chi connectivity index (χ2n) is 6.66. The van der Waals surface area contributed by atoms with Crippen molar-refractivity contribution in [1.82, 2.24) is 0 Å². The van der Waals surface area contributed by atoms with Crippen LogP contribution in [0.2, 0.25) is 0 Å². The largest absolute Gasteiger partial charge is 0.270 e. The van der Waals surface area contributed by atoms with Gasteiger partial charge in [0.2, 0.25) is 0 Å². The van der Waals surface area contributed by atoms with Gasteiger partial charge in [0, 0.05) is 32.3 Å². The number of nitro groups is 1. The first-order chi connectivity index (χ1) is 13.7. The van der Waals surface area contributed by atoms with E-state index in [0.717, 1.165) is 22.3 Å². The third-order valence-electron chi connectivity index (χ3n) is 4.99. The number of hydrogen-bond acceptors (Lipinski definition) is 3. The molecule has 4 heteroatoms. The highest BCUT2D eigenvalue weighted by Gasteiger charge is 2.15. The Hall–Kier alpha value is -3.50. The Bertz CT molecular complexity index is 1340. The lowest BCUT2D eigenvalue weighted by atomic mass is 9.93. The molecule has 0 saturated heterocycles. The molecule has 1 heterocycles. The molecule has 0 aliphatic rings. The Morgan fingerprint density at radius 2 is 1.39 bits per heavy atom. The molecule has 0 unspecified atom stereocenters. The summed E-state index contributed by atoms with van der Waals surface area (Å²) in [5.41, 5.74) is 4.00. The zero-order valence-corrected chi connectivity index (χ0v) is 15.6. The molecule has 4 aromatic carbocycles. The summed E-state index contributed by atoms with van der Waals surface area (Å²) in [6.07, 6.45) is 0. The van der Waals surface area contributed by atoms with Crippen LogP contribution in [-0.2, 0) is 0 Å². The van der Waals surface area contributed by atoms with Gasteiger partial charge < -0.3 is 0 Å². The predicted octanol–water partition coefficient (Wildman–Crippen LogP) is 7.30. The maximum atomic E-state index is 11.3. The fourth-order valence-electron chi connectivity index (χ4n) is 3.65. The molecule has 0 bridgehead atoms. The van der Waals surface area contributed by atoms with Crippen LogP contribution in [0.5, 0.6) is 0 Å². The van der Waals surface area contributed by atoms with Crippen molar-refractivity contribution in [3.8, 4) is 22.3 Å². The van der Waals surface area contributed by atoms with E-state index in [2.05, 4.69) is 42.5 Å². The van der Waals surface area contributed by atoms with Gasteiger partial charge in [-0.3, -0.25) is 10.1 Å². The number of hydrogen-bond donors (Lipinski definition) is 0. The van der Waals surface area contributed by atoms with Crippen LogP contribution >= 0.6 is 11.3 Å². The first-order valence-electron chi connectivity index (χ1n) is 8.96. The quantitative estimate of drug-likeness (QED) is 0.243. The fourth-order valence-corrected chi connectivity index (χ4v) is 4.79. The van der Waals surface area contributed by atoms with Gasteiger partial charge in [-0.25, -0.2) is 0 Å². The van der Waals surface area contributed by atoms with Crippen molar-refractivity contribution >= 4 is 37.2 Å². The van der Waals surface area contributed by atoms with E-state index in [9.17, 15) is 10.1 Å². The fraction of sp³-hybridized carbons (Fsp3) is 0. The Morgan fingerprint density at radius 3 is 2.21 bits per heavy atom. The standard InChI is InChI=1S/C24H15NO2S/c26-25(27)18-11-13-19(22(15-18)16-6-2-1-3-7-16)17-10-12-21-20-8-4-5-9-23(20)28-24(21)14-17/h1-15H. The third-order valence-corrected chi connectivity index (χ3v) is 6.12. The van der Waals surface area contributed by atoms with Crippen molar-refractivity contribution in [3.05, 3.63) is 101 Å². The summed E-state index contributed by atoms with van der Waals surface area (Å²) < 4.78 is 2.48. The van der Waals surface area contributed by atoms with Gasteiger partial charge in [0.1, 0.15) is 0 Å². The van der Waals surface area contributed by atoms with Crippen molar-refractivity contribution in [2.45, 2.75) is 0 Å². The molecule has 0 N–H and O–H groups in total. The zero-order chi connectivity index (χ0) is 19.1. The highest BCUT2D eigenvalue weighted by atomic mass is 32.1. The van der Waals surface area contributed by atoms with E-state index in [1.807, 2.05) is 36.4 Å². The summed E-state index contributed by atoms with van der Waals surface area (Å²) in [7, 11) is 0. The van der Waals surface area contributed by atoms with Crippen LogP contribution in [0.25, 0.3) is 42.4 Å². The minimum Gasteiger partial charge on any atom is -0.258 e. The summed E-state index contributed by atoms with van der Waals surface area (Å²) in [6.45, 7) is 0. The molecule has 5 rings (SSSR count). The topological polar surface area (TPSA) is 43.1 Å². The molecule has 0 radical (unpaired) electrons. The van der Waals surface area contributed by atoms with Crippen LogP contribution in [-0.4, -0.2) is 4.92 Å². The van der Waals surface area contributed by atoms with Gasteiger partial charge in [0.05, 0.1) is 4.92 Å². The highest BCUT2D eigenvalue weighted by Crippen LogP contribution is 2.39. The molecule has 1 aromatic heterocycles. The van der Waals surface area contributed by atoms with Crippen LogP contribution in [0.1, 0.15) is 0 Å². The molecule has 0 spiro atoms. The molecular weight excluding hydrogens is 366 g/mol. The summed E-state index contributed by atoms with van der Waals surface area (Å²) >= 11 is 1.77. The van der Waals surface area contributed by atoms with Gasteiger partial charge in [0.15, 0.2) is 0 Å². The maximum absolute atomic E-state index is 11.3. The van der Waals surface area contributed by atoms with Crippen molar-refractivity contribution in [1.29, 1.82) is 0 Å². The van der Waals surface area contributed by atoms with Crippen molar-refractivity contribution in [2.75, 3.05) is 0 Å². The van der Waals surface area contributed by atoms with Gasteiger partial charge in [0.25, 0.3) is 5.69 Å². The SMILES string of the molecule is O=[N+]([O-])c1ccc(-c2ccc3c(c2)sc2ccccc23)c(-c2ccccc2)c1. The molecule has 134 valence electrons. The lowest BCUT2D eigenvalue weighted by Gasteiger charge is -2.10. The van der Waals surface area contributed by atoms with Crippen LogP contribution in [0.3, 0.4) is 0 Å². The number of benzene rings is 4. The normalized spacial score (nSPS) is 11.1. The first kappa shape index (κ1) is 16.7. The van der Waals surface area contributed by atoms with Gasteiger partial charge in [-0.2, -0.15) is 0 Å². The first-order valence-corrected chi connectivity index (χ1v) is 9.78. The smallest absolute Gasteiger partial charge is 0.258 e. The molecule has 0 fully saturated rings. The number of non-ortho nitro benzene ring substituents is 1. The average Bonchev–Trinajstić information content (AvgIpc) is 3.11. The van der Waals surface area contributed by atoms with E-state index in [4.69, 9.17) is 0 Å². The van der Waals surface area contributed by atoms with Crippen LogP contribution in [0, 0.1) is 10.1 Å². The van der Waals surface area contributed by atoms with E-state index >= 15 is 0 Å². The number of rotatable bonds is 3. The second-order valence-corrected chi connectivity index (χ2v) is 7.75. The van der Waals surface area contributed by atoms with Gasteiger partial charge in [-0.15, -0.1) is 11.3 Å². The van der Waals surface area contributed by atoms with Gasteiger partial charge >= 0.3 is 0 Å². The number of thiophene rings is 1. The lowest BCUT2D eigenvalue weighted by molar-refractivity contribution is -0.384. The lowest BCUT2D eigenvalue weighted by Crippen LogP contribution is -1.91. The summed E-state index contributed by atoms with van der Waals surface area (Å²) in [5, 5.41) is 13.8. The van der Waals surface area contributed by atoms with E-state index in [1.165, 1.54) is 20.2 Å². The highest BCUT2D eigenvalue weighted by molar-refractivity contribution is 7.25. The van der Waals surface area contributed by atoms with E-state index < -0.39 is 0 Å². The second kappa shape index (κ2) is 6.59. The molecule has 3 nitrogen and oxygen atoms in total. The van der Waals surface area contributed by atoms with Crippen LogP contribution < -0.4 is 0 Å². The molecule has 0 aliphatic heterocycles. The van der Waals surface area contributed by atoms with Gasteiger partial charge in [-0.05, 0) is 40.5 Å². The number of fused-ring (bicyclic) bond motifs is 3. The number of nitro benzene ring substituents is 1. The summed E-state index contributed by atoms with van der Waals surface area (Å²) in [6, 6.07) is 29.8. The van der Waals surface area contributed by atoms with E-state index in [1.54, 1.807) is 23.5 Å². The minimum absolute atomic E-state index is 0.102. The minimum atomic E-state index is -0.342. The molecule has 5 aromatic rings. The van der Waals surface area contributed by atoms with Crippen LogP contribution in [0.15, 0.2) is 91.0 Å². The Labute approximate surface area is 165 Å². The van der Waals surface area contributed by atoms with Crippen LogP contribution in [0.4, 0.5) is 5.69 Å². The third kappa shape index (κ3) is 2.75. The van der Waals surface area contributed by atoms with Crippen molar-refractivity contribution in [2.24, 2.45) is 0 Å². The van der Waals surface area contributed by atoms with E-state index in [-0.39, 0.29) is 10.6 Å². The summed E-state index contributed by atoms with van der Waals surface area (Å²) in [4.78, 5) is 11.0. The number of nitrogens with zero attached hydrogens (tertiary/aromatic N) is 1. The van der Waals surface area contributed by atoms with Crippen molar-refractivity contribution < 1.29 is 4.92 Å². The average molecular weight is 381 g/mol. The Kier molecular flexibility index (Phi) is 3.92. The molecule has 0 atom stereocenters. The monoisotopic (exact) mass is 381 g/mol. The van der Waals surface area contributed by atoms with Crippen molar-refractivity contribution in [3.63, 3.8) is 0 Å². The Morgan fingerprint density at radius 1 is 0.643 bits per heavy atom. The molecule has 0 saturated carbocycles.